The van der Waals surface area contributed by atoms with Gasteiger partial charge in [0.25, 0.3) is 0 Å². The molecule has 18 heavy (non-hydrogen) atoms. The number of nitrogens with zero attached hydrogens (tertiary/aromatic N) is 1. The van der Waals surface area contributed by atoms with E-state index in [2.05, 4.69) is 12.2 Å². The molecule has 0 radical (unpaired) electrons. The first-order valence-corrected chi connectivity index (χ1v) is 6.92. The molecule has 0 aromatic heterocycles. The number of hydrogen-bond donors (Lipinski definition) is 2. The van der Waals surface area contributed by atoms with Crippen LogP contribution in [-0.2, 0) is 9.53 Å². The number of β-amino-alcohol motifs (C(OH)–C–C–N with tert-alkyl or cyclic N) is 1. The molecule has 2 rings (SSSR count). The summed E-state index contributed by atoms with van der Waals surface area (Å²) in [5.74, 6) is 0.0391. The normalized spacial score (nSPS) is 30.3. The van der Waals surface area contributed by atoms with E-state index in [1.54, 1.807) is 4.90 Å². The molecule has 2 aliphatic rings. The van der Waals surface area contributed by atoms with Crippen molar-refractivity contribution in [3.8, 4) is 0 Å². The van der Waals surface area contributed by atoms with E-state index in [-0.39, 0.29) is 17.9 Å². The highest BCUT2D eigenvalue weighted by atomic mass is 16.5. The number of rotatable bonds is 5. The van der Waals surface area contributed by atoms with Crippen LogP contribution in [0.25, 0.3) is 0 Å². The molecule has 104 valence electrons. The Morgan fingerprint density at radius 3 is 2.78 bits per heavy atom. The van der Waals surface area contributed by atoms with Gasteiger partial charge in [0, 0.05) is 6.04 Å². The lowest BCUT2D eigenvalue weighted by molar-refractivity contribution is -0.160. The van der Waals surface area contributed by atoms with Gasteiger partial charge in [-0.1, -0.05) is 13.8 Å². The van der Waals surface area contributed by atoms with Gasteiger partial charge in [-0.2, -0.15) is 0 Å². The number of nitrogens with one attached hydrogen (secondary N) is 1. The van der Waals surface area contributed by atoms with Crippen LogP contribution in [0.4, 0.5) is 0 Å². The highest BCUT2D eigenvalue weighted by Crippen LogP contribution is 2.27. The molecule has 0 spiro atoms. The fraction of sp³-hybridized carbons (Fsp3) is 0.923. The molecule has 0 bridgehead atoms. The van der Waals surface area contributed by atoms with Crippen molar-refractivity contribution in [2.45, 2.75) is 38.3 Å². The average molecular weight is 256 g/mol. The summed E-state index contributed by atoms with van der Waals surface area (Å²) in [5, 5.41) is 13.3. The molecule has 2 saturated heterocycles. The van der Waals surface area contributed by atoms with Crippen molar-refractivity contribution >= 4 is 5.91 Å². The van der Waals surface area contributed by atoms with Gasteiger partial charge in [-0.3, -0.25) is 4.79 Å². The first kappa shape index (κ1) is 13.8. The van der Waals surface area contributed by atoms with Gasteiger partial charge in [0.2, 0.25) is 5.91 Å². The summed E-state index contributed by atoms with van der Waals surface area (Å²) in [4.78, 5) is 14.1. The smallest absolute Gasteiger partial charge is 0.229 e. The Bertz CT molecular complexity index is 303. The van der Waals surface area contributed by atoms with Crippen LogP contribution in [0.1, 0.15) is 26.7 Å². The van der Waals surface area contributed by atoms with Gasteiger partial charge in [-0.25, -0.2) is 0 Å². The molecule has 2 N–H and O–H groups in total. The van der Waals surface area contributed by atoms with Crippen molar-refractivity contribution in [1.29, 1.82) is 0 Å². The quantitative estimate of drug-likeness (QED) is 0.726. The molecule has 1 amide bonds. The third kappa shape index (κ3) is 2.68. The molecule has 2 heterocycles. The van der Waals surface area contributed by atoms with Crippen molar-refractivity contribution in [2.75, 3.05) is 32.8 Å². The summed E-state index contributed by atoms with van der Waals surface area (Å²) in [6.45, 7) is 7.03. The van der Waals surface area contributed by atoms with Gasteiger partial charge < -0.3 is 20.1 Å². The molecular formula is C13H24N2O3. The Labute approximate surface area is 108 Å². The van der Waals surface area contributed by atoms with E-state index < -0.39 is 5.60 Å². The summed E-state index contributed by atoms with van der Waals surface area (Å²) in [6.07, 6.45) is 1.76. The van der Waals surface area contributed by atoms with Crippen molar-refractivity contribution in [2.24, 2.45) is 5.92 Å². The minimum atomic E-state index is -0.651. The van der Waals surface area contributed by atoms with Gasteiger partial charge in [0.15, 0.2) is 0 Å². The summed E-state index contributed by atoms with van der Waals surface area (Å²) < 4.78 is 5.41. The predicted molar refractivity (Wildman–Crippen MR) is 68.2 cm³/mol. The lowest BCUT2D eigenvalue weighted by atomic mass is 9.89. The van der Waals surface area contributed by atoms with Gasteiger partial charge in [0.05, 0.1) is 37.8 Å². The first-order valence-electron chi connectivity index (χ1n) is 6.92. The lowest BCUT2D eigenvalue weighted by Crippen LogP contribution is -2.65. The van der Waals surface area contributed by atoms with E-state index in [4.69, 9.17) is 4.74 Å². The van der Waals surface area contributed by atoms with Gasteiger partial charge in [-0.05, 0) is 19.4 Å². The topological polar surface area (TPSA) is 61.8 Å². The molecule has 0 aliphatic carbocycles. The van der Waals surface area contributed by atoms with Crippen LogP contribution in [0.5, 0.6) is 0 Å². The number of hydrogen-bond acceptors (Lipinski definition) is 4. The maximum absolute atomic E-state index is 12.3. The Morgan fingerprint density at radius 1 is 1.44 bits per heavy atom. The fourth-order valence-electron chi connectivity index (χ4n) is 2.61. The van der Waals surface area contributed by atoms with Crippen molar-refractivity contribution in [3.63, 3.8) is 0 Å². The Kier molecular flexibility index (Phi) is 4.25. The molecule has 0 aromatic rings. The van der Waals surface area contributed by atoms with E-state index in [1.807, 2.05) is 6.92 Å². The number of ether oxygens (including phenoxy) is 1. The second-order valence-corrected chi connectivity index (χ2v) is 5.48. The van der Waals surface area contributed by atoms with Gasteiger partial charge in [0.1, 0.15) is 0 Å². The highest BCUT2D eigenvalue weighted by molar-refractivity contribution is 5.81. The van der Waals surface area contributed by atoms with Crippen LogP contribution in [-0.4, -0.2) is 60.4 Å². The van der Waals surface area contributed by atoms with Crippen LogP contribution >= 0.6 is 0 Å². The average Bonchev–Trinajstić information content (AvgIpc) is 2.79. The Hall–Kier alpha value is -0.650. The maximum Gasteiger partial charge on any atom is 0.229 e. The Balaban J connectivity index is 1.85. The SMILES string of the molecule is CCCNC1COCC1C(=O)N1CC(O)(CC)C1. The van der Waals surface area contributed by atoms with E-state index in [1.165, 1.54) is 0 Å². The van der Waals surface area contributed by atoms with E-state index >= 15 is 0 Å². The van der Waals surface area contributed by atoms with Crippen LogP contribution in [0.3, 0.4) is 0 Å². The Morgan fingerprint density at radius 2 is 2.17 bits per heavy atom. The van der Waals surface area contributed by atoms with Crippen LogP contribution in [0.15, 0.2) is 0 Å². The first-order chi connectivity index (χ1) is 8.59. The maximum atomic E-state index is 12.3. The minimum Gasteiger partial charge on any atom is -0.386 e. The zero-order valence-corrected chi connectivity index (χ0v) is 11.3. The standard InChI is InChI=1S/C13H24N2O3/c1-3-5-14-11-7-18-6-10(11)12(16)15-8-13(17,4-2)9-15/h10-11,14,17H,3-9H2,1-2H3. The van der Waals surface area contributed by atoms with Gasteiger partial charge in [-0.15, -0.1) is 0 Å². The van der Waals surface area contributed by atoms with E-state index in [9.17, 15) is 9.90 Å². The van der Waals surface area contributed by atoms with Crippen LogP contribution < -0.4 is 5.32 Å². The zero-order valence-electron chi connectivity index (χ0n) is 11.3. The molecule has 0 aromatic carbocycles. The predicted octanol–water partition coefficient (Wildman–Crippen LogP) is -0.0157. The van der Waals surface area contributed by atoms with Gasteiger partial charge >= 0.3 is 0 Å². The zero-order chi connectivity index (χ0) is 13.2. The van der Waals surface area contributed by atoms with E-state index in [0.717, 1.165) is 13.0 Å². The second-order valence-electron chi connectivity index (χ2n) is 5.48. The largest absolute Gasteiger partial charge is 0.386 e. The molecule has 2 aliphatic heterocycles. The second kappa shape index (κ2) is 5.55. The van der Waals surface area contributed by atoms with Crippen molar-refractivity contribution in [1.82, 2.24) is 10.2 Å². The summed E-state index contributed by atoms with van der Waals surface area (Å²) in [5.41, 5.74) is -0.651. The van der Waals surface area contributed by atoms with Crippen molar-refractivity contribution in [3.05, 3.63) is 0 Å². The molecule has 2 fully saturated rings. The summed E-state index contributed by atoms with van der Waals surface area (Å²) in [7, 11) is 0. The molecule has 0 saturated carbocycles. The molecule has 5 nitrogen and oxygen atoms in total. The monoisotopic (exact) mass is 256 g/mol. The van der Waals surface area contributed by atoms with Crippen molar-refractivity contribution < 1.29 is 14.6 Å². The van der Waals surface area contributed by atoms with Crippen LogP contribution in [0, 0.1) is 5.92 Å². The number of likely N-dealkylation sites (tertiary alicyclic amines) is 1. The summed E-state index contributed by atoms with van der Waals surface area (Å²) in [6, 6.07) is 0.132. The minimum absolute atomic E-state index is 0.0852. The number of carbonyl (C=O) groups excluding carboxylic acids is 1. The third-order valence-electron chi connectivity index (χ3n) is 3.99. The molecule has 2 atom stereocenters. The lowest BCUT2D eigenvalue weighted by Gasteiger charge is -2.47. The number of aliphatic hydroxyl groups is 1. The molecular weight excluding hydrogens is 232 g/mol. The highest BCUT2D eigenvalue weighted by Gasteiger charge is 2.46. The number of carbonyl (C=O) groups is 1. The van der Waals surface area contributed by atoms with E-state index in [0.29, 0.717) is 32.7 Å². The third-order valence-corrected chi connectivity index (χ3v) is 3.99. The summed E-state index contributed by atoms with van der Waals surface area (Å²) >= 11 is 0. The molecule has 2 unspecified atom stereocenters. The fourth-order valence-corrected chi connectivity index (χ4v) is 2.61. The number of amides is 1. The molecule has 5 heteroatoms. The van der Waals surface area contributed by atoms with Crippen LogP contribution in [0.2, 0.25) is 0 Å².